The summed E-state index contributed by atoms with van der Waals surface area (Å²) in [5.74, 6) is -0.427. The number of nitrogens with zero attached hydrogens (tertiary/aromatic N) is 1. The number of nitrogen functional groups attached to an aromatic ring is 1. The highest BCUT2D eigenvalue weighted by Crippen LogP contribution is 2.21. The van der Waals surface area contributed by atoms with E-state index in [0.29, 0.717) is 6.54 Å². The molecule has 1 aromatic carbocycles. The quantitative estimate of drug-likeness (QED) is 0.760. The van der Waals surface area contributed by atoms with Gasteiger partial charge in [-0.25, -0.2) is 0 Å². The molecule has 0 radical (unpaired) electrons. The highest BCUT2D eigenvalue weighted by molar-refractivity contribution is 5.77. The fraction of sp³-hybridized carbons (Fsp3) is 0.462. The Labute approximate surface area is 103 Å². The average Bonchev–Trinajstić information content (AvgIpc) is 2.29. The van der Waals surface area contributed by atoms with Gasteiger partial charge < -0.3 is 16.4 Å². The number of hydrogen-bond acceptors (Lipinski definition) is 3. The second-order valence-electron chi connectivity index (χ2n) is 4.38. The molecule has 1 amide bonds. The maximum absolute atomic E-state index is 11.1. The highest BCUT2D eigenvalue weighted by Gasteiger charge is 2.14. The molecule has 94 valence electrons. The van der Waals surface area contributed by atoms with Gasteiger partial charge in [0.1, 0.15) is 0 Å². The molecule has 1 aromatic rings. The van der Waals surface area contributed by atoms with Crippen LogP contribution in [0.3, 0.4) is 0 Å². The van der Waals surface area contributed by atoms with Crippen LogP contribution in [0.1, 0.15) is 19.4 Å². The number of aryl methyl sites for hydroxylation is 1. The molecule has 1 atom stereocenters. The van der Waals surface area contributed by atoms with E-state index in [1.165, 1.54) is 0 Å². The van der Waals surface area contributed by atoms with Crippen molar-refractivity contribution in [3.63, 3.8) is 0 Å². The zero-order valence-electron chi connectivity index (χ0n) is 10.7. The summed E-state index contributed by atoms with van der Waals surface area (Å²) in [7, 11) is 0. The summed E-state index contributed by atoms with van der Waals surface area (Å²) in [4.78, 5) is 13.2. The van der Waals surface area contributed by atoms with Gasteiger partial charge in [0.25, 0.3) is 0 Å². The number of anilines is 2. The van der Waals surface area contributed by atoms with Gasteiger partial charge in [0.15, 0.2) is 0 Å². The summed E-state index contributed by atoms with van der Waals surface area (Å²) < 4.78 is 0. The van der Waals surface area contributed by atoms with E-state index in [-0.39, 0.29) is 11.8 Å². The smallest absolute Gasteiger partial charge is 0.222 e. The van der Waals surface area contributed by atoms with Gasteiger partial charge in [-0.3, -0.25) is 4.79 Å². The number of hydrogen-bond donors (Lipinski definition) is 2. The van der Waals surface area contributed by atoms with Gasteiger partial charge in [0.05, 0.1) is 5.92 Å². The lowest BCUT2D eigenvalue weighted by atomic mass is 10.1. The zero-order valence-corrected chi connectivity index (χ0v) is 10.7. The van der Waals surface area contributed by atoms with Crippen molar-refractivity contribution in [1.29, 1.82) is 0 Å². The number of rotatable bonds is 5. The Hall–Kier alpha value is -1.71. The molecule has 4 nitrogen and oxygen atoms in total. The van der Waals surface area contributed by atoms with Gasteiger partial charge in [-0.15, -0.1) is 0 Å². The highest BCUT2D eigenvalue weighted by atomic mass is 16.1. The maximum Gasteiger partial charge on any atom is 0.222 e. The Morgan fingerprint density at radius 3 is 2.59 bits per heavy atom. The zero-order chi connectivity index (χ0) is 13.0. The molecular weight excluding hydrogens is 214 g/mol. The summed E-state index contributed by atoms with van der Waals surface area (Å²) in [5.41, 5.74) is 14.0. The molecular formula is C13H21N3O. The molecule has 0 aliphatic heterocycles. The molecule has 0 aromatic heterocycles. The Morgan fingerprint density at radius 1 is 1.47 bits per heavy atom. The Kier molecular flexibility index (Phi) is 4.37. The molecule has 0 bridgehead atoms. The van der Waals surface area contributed by atoms with Gasteiger partial charge in [-0.05, 0) is 37.6 Å². The molecule has 0 fully saturated rings. The first kappa shape index (κ1) is 13.4. The van der Waals surface area contributed by atoms with Gasteiger partial charge >= 0.3 is 0 Å². The predicted molar refractivity (Wildman–Crippen MR) is 71.8 cm³/mol. The summed E-state index contributed by atoms with van der Waals surface area (Å²) in [5, 5.41) is 0. The van der Waals surface area contributed by atoms with Crippen molar-refractivity contribution in [1.82, 2.24) is 0 Å². The molecule has 0 saturated carbocycles. The van der Waals surface area contributed by atoms with Crippen molar-refractivity contribution >= 4 is 17.3 Å². The van der Waals surface area contributed by atoms with Crippen LogP contribution in [0, 0.1) is 12.8 Å². The fourth-order valence-electron chi connectivity index (χ4n) is 1.69. The van der Waals surface area contributed by atoms with Crippen LogP contribution in [-0.2, 0) is 4.79 Å². The van der Waals surface area contributed by atoms with Gasteiger partial charge in [-0.2, -0.15) is 0 Å². The Bertz CT molecular complexity index is 404. The second-order valence-corrected chi connectivity index (χ2v) is 4.38. The third-order valence-corrected chi connectivity index (χ3v) is 2.98. The molecule has 17 heavy (non-hydrogen) atoms. The van der Waals surface area contributed by atoms with Crippen molar-refractivity contribution < 1.29 is 4.79 Å². The Morgan fingerprint density at radius 2 is 2.12 bits per heavy atom. The molecule has 0 spiro atoms. The molecule has 0 aliphatic carbocycles. The summed E-state index contributed by atoms with van der Waals surface area (Å²) in [6.07, 6.45) is 0. The van der Waals surface area contributed by atoms with E-state index in [2.05, 4.69) is 11.8 Å². The first-order valence-corrected chi connectivity index (χ1v) is 5.86. The minimum absolute atomic E-state index is 0.159. The molecule has 0 heterocycles. The lowest BCUT2D eigenvalue weighted by Gasteiger charge is -2.26. The van der Waals surface area contributed by atoms with Crippen LogP contribution < -0.4 is 16.4 Å². The summed E-state index contributed by atoms with van der Waals surface area (Å²) in [6, 6.07) is 5.90. The van der Waals surface area contributed by atoms with E-state index in [1.807, 2.05) is 32.0 Å². The summed E-state index contributed by atoms with van der Waals surface area (Å²) >= 11 is 0. The molecule has 0 aliphatic rings. The van der Waals surface area contributed by atoms with Crippen LogP contribution in [0.15, 0.2) is 18.2 Å². The van der Waals surface area contributed by atoms with Crippen molar-refractivity contribution in [3.05, 3.63) is 23.8 Å². The van der Waals surface area contributed by atoms with Gasteiger partial charge in [-0.1, -0.05) is 6.92 Å². The van der Waals surface area contributed by atoms with Crippen LogP contribution >= 0.6 is 0 Å². The molecule has 4 N–H and O–H groups in total. The number of amides is 1. The Balaban J connectivity index is 2.86. The molecule has 1 unspecified atom stereocenters. The van der Waals surface area contributed by atoms with E-state index in [0.717, 1.165) is 23.5 Å². The monoisotopic (exact) mass is 235 g/mol. The van der Waals surface area contributed by atoms with E-state index in [9.17, 15) is 4.79 Å². The SMILES string of the molecule is CCN(CC(C)C(N)=O)c1ccc(N)c(C)c1. The first-order valence-electron chi connectivity index (χ1n) is 5.86. The minimum Gasteiger partial charge on any atom is -0.399 e. The van der Waals surface area contributed by atoms with E-state index in [1.54, 1.807) is 0 Å². The lowest BCUT2D eigenvalue weighted by Crippen LogP contribution is -2.34. The van der Waals surface area contributed by atoms with E-state index >= 15 is 0 Å². The average molecular weight is 235 g/mol. The van der Waals surface area contributed by atoms with Crippen molar-refractivity contribution in [2.24, 2.45) is 11.7 Å². The van der Waals surface area contributed by atoms with Crippen LogP contribution in [0.25, 0.3) is 0 Å². The summed E-state index contributed by atoms with van der Waals surface area (Å²) in [6.45, 7) is 7.34. The van der Waals surface area contributed by atoms with Crippen LogP contribution in [0.2, 0.25) is 0 Å². The minimum atomic E-state index is -0.268. The number of nitrogens with two attached hydrogens (primary N) is 2. The molecule has 0 saturated heterocycles. The van der Waals surface area contributed by atoms with Gasteiger partial charge in [0.2, 0.25) is 5.91 Å². The van der Waals surface area contributed by atoms with E-state index < -0.39 is 0 Å². The van der Waals surface area contributed by atoms with Crippen molar-refractivity contribution in [3.8, 4) is 0 Å². The van der Waals surface area contributed by atoms with Crippen LogP contribution in [0.5, 0.6) is 0 Å². The van der Waals surface area contributed by atoms with Crippen molar-refractivity contribution in [2.75, 3.05) is 23.7 Å². The third kappa shape index (κ3) is 3.37. The number of primary amides is 1. The van der Waals surface area contributed by atoms with Crippen molar-refractivity contribution in [2.45, 2.75) is 20.8 Å². The standard InChI is InChI=1S/C13H21N3O/c1-4-16(8-10(3)13(15)17)11-5-6-12(14)9(2)7-11/h5-7,10H,4,8,14H2,1-3H3,(H2,15,17). The number of benzene rings is 1. The topological polar surface area (TPSA) is 72.3 Å². The molecule has 1 rings (SSSR count). The predicted octanol–water partition coefficient (Wildman–Crippen LogP) is 1.52. The first-order chi connectivity index (χ1) is 7.95. The normalized spacial score (nSPS) is 12.2. The fourth-order valence-corrected chi connectivity index (χ4v) is 1.69. The second kappa shape index (κ2) is 5.57. The lowest BCUT2D eigenvalue weighted by molar-refractivity contribution is -0.121. The maximum atomic E-state index is 11.1. The van der Waals surface area contributed by atoms with Crippen LogP contribution in [-0.4, -0.2) is 19.0 Å². The third-order valence-electron chi connectivity index (χ3n) is 2.98. The van der Waals surface area contributed by atoms with Gasteiger partial charge in [0, 0.05) is 24.5 Å². The number of carbonyl (C=O) groups is 1. The number of carbonyl (C=O) groups excluding carboxylic acids is 1. The van der Waals surface area contributed by atoms with Crippen LogP contribution in [0.4, 0.5) is 11.4 Å². The van der Waals surface area contributed by atoms with E-state index in [4.69, 9.17) is 11.5 Å². The largest absolute Gasteiger partial charge is 0.399 e. The molecule has 4 heteroatoms.